The second-order valence-electron chi connectivity index (χ2n) is 6.58. The maximum Gasteiger partial charge on any atom is 0.295 e. The monoisotopic (exact) mass is 460 g/mol. The van der Waals surface area contributed by atoms with Crippen molar-refractivity contribution in [1.82, 2.24) is 0 Å². The fraction of sp³-hybridized carbons (Fsp3) is 0.0476. The lowest BCUT2D eigenvalue weighted by Gasteiger charge is -2.15. The van der Waals surface area contributed by atoms with E-state index in [2.05, 4.69) is 4.72 Å². The van der Waals surface area contributed by atoms with Crippen LogP contribution in [0.25, 0.3) is 11.0 Å². The van der Waals surface area contributed by atoms with Crippen molar-refractivity contribution < 1.29 is 17.4 Å². The van der Waals surface area contributed by atoms with Gasteiger partial charge in [0.15, 0.2) is 4.90 Å². The van der Waals surface area contributed by atoms with Crippen LogP contribution in [0.5, 0.6) is 0 Å². The summed E-state index contributed by atoms with van der Waals surface area (Å²) in [7, 11) is -4.06. The van der Waals surface area contributed by atoms with E-state index in [1.165, 1.54) is 12.1 Å². The molecule has 3 aromatic carbocycles. The zero-order valence-corrected chi connectivity index (χ0v) is 17.9. The first-order valence-electron chi connectivity index (χ1n) is 8.85. The summed E-state index contributed by atoms with van der Waals surface area (Å²) in [4.78, 5) is 0.307. The molecule has 0 aliphatic carbocycles. The van der Waals surface area contributed by atoms with E-state index in [1.807, 2.05) is 6.07 Å². The van der Waals surface area contributed by atoms with Crippen LogP contribution in [0.4, 0.5) is 11.4 Å². The first-order valence-corrected chi connectivity index (χ1v) is 12.0. The summed E-state index contributed by atoms with van der Waals surface area (Å²) in [5, 5.41) is 0.729. The molecule has 0 radical (unpaired) electrons. The third-order valence-corrected chi connectivity index (χ3v) is 7.24. The third-order valence-electron chi connectivity index (χ3n) is 4.35. The lowest BCUT2D eigenvalue weighted by molar-refractivity contribution is 0.484. The summed E-state index contributed by atoms with van der Waals surface area (Å²) >= 11 is 4.53. The highest BCUT2D eigenvalue weighted by Gasteiger charge is 2.25. The molecule has 4 aromatic rings. The van der Waals surface area contributed by atoms with E-state index in [0.29, 0.717) is 26.6 Å². The van der Waals surface area contributed by atoms with E-state index in [9.17, 15) is 13.0 Å². The Morgan fingerprint density at radius 2 is 1.83 bits per heavy atom. The number of para-hydroxylation sites is 1. The minimum absolute atomic E-state index is 0.130. The molecule has 0 fully saturated rings. The highest BCUT2D eigenvalue weighted by Crippen LogP contribution is 2.31. The van der Waals surface area contributed by atoms with Gasteiger partial charge in [-0.05, 0) is 47.6 Å². The van der Waals surface area contributed by atoms with Crippen LogP contribution in [0, 0.1) is 0 Å². The van der Waals surface area contributed by atoms with E-state index in [-0.39, 0.29) is 16.5 Å². The van der Waals surface area contributed by atoms with Gasteiger partial charge in [-0.1, -0.05) is 41.9 Å². The molecule has 30 heavy (non-hydrogen) atoms. The number of benzene rings is 3. The van der Waals surface area contributed by atoms with Crippen LogP contribution in [0.3, 0.4) is 0 Å². The zero-order valence-electron chi connectivity index (χ0n) is 15.5. The predicted octanol–water partition coefficient (Wildman–Crippen LogP) is 4.78. The molecule has 0 spiro atoms. The van der Waals surface area contributed by atoms with Gasteiger partial charge in [0.2, 0.25) is 5.09 Å². The first kappa shape index (κ1) is 20.6. The Balaban J connectivity index is 1.65. The Bertz CT molecular complexity index is 1290. The summed E-state index contributed by atoms with van der Waals surface area (Å²) in [5.41, 5.74) is 7.70. The van der Waals surface area contributed by atoms with Gasteiger partial charge in [-0.2, -0.15) is 8.42 Å². The number of sulfonamides is 1. The van der Waals surface area contributed by atoms with Crippen molar-refractivity contribution >= 4 is 55.1 Å². The number of halogens is 1. The molecule has 1 aromatic heterocycles. The first-order chi connectivity index (χ1) is 14.3. The van der Waals surface area contributed by atoms with Crippen molar-refractivity contribution in [2.24, 2.45) is 0 Å². The van der Waals surface area contributed by atoms with E-state index < -0.39 is 21.2 Å². The van der Waals surface area contributed by atoms with E-state index in [0.717, 1.165) is 5.56 Å². The van der Waals surface area contributed by atoms with Gasteiger partial charge in [0.1, 0.15) is 17.0 Å². The molecule has 1 heterocycles. The molecule has 1 unspecified atom stereocenters. The molecule has 154 valence electrons. The van der Waals surface area contributed by atoms with Crippen LogP contribution < -0.4 is 10.5 Å². The standard InChI is InChI=1S/C21H17ClN2O4S2/c22-16-8-9-20(29(25)13-14-4-3-6-17(23)10-14)18(12-16)24-30(26,27)21-11-15-5-1-2-7-19(15)28-21/h1-12,24H,13,23H2. The SMILES string of the molecule is Nc1cccc(C[S+]([O-])c2ccc(Cl)cc2NS(=O)(=O)c2cc3ccccc3o2)c1. The normalized spacial score (nSPS) is 12.7. The molecule has 0 aliphatic rings. The molecule has 0 amide bonds. The smallest absolute Gasteiger partial charge is 0.295 e. The van der Waals surface area contributed by atoms with E-state index in [4.69, 9.17) is 21.8 Å². The molecular weight excluding hydrogens is 444 g/mol. The topological polar surface area (TPSA) is 108 Å². The number of hydrogen-bond donors (Lipinski definition) is 2. The number of anilines is 2. The van der Waals surface area contributed by atoms with Crippen LogP contribution in [-0.4, -0.2) is 13.0 Å². The van der Waals surface area contributed by atoms with Gasteiger partial charge >= 0.3 is 0 Å². The molecule has 3 N–H and O–H groups in total. The molecule has 0 aliphatic heterocycles. The Kier molecular flexibility index (Phi) is 5.66. The number of nitrogen functional groups attached to an aromatic ring is 1. The third kappa shape index (κ3) is 4.41. The fourth-order valence-electron chi connectivity index (χ4n) is 2.98. The highest BCUT2D eigenvalue weighted by molar-refractivity contribution is 7.93. The molecular formula is C21H17ClN2O4S2. The van der Waals surface area contributed by atoms with Crippen LogP contribution in [0.15, 0.2) is 87.2 Å². The average Bonchev–Trinajstić information content (AvgIpc) is 3.13. The number of rotatable bonds is 6. The van der Waals surface area contributed by atoms with Gasteiger partial charge in [-0.15, -0.1) is 0 Å². The van der Waals surface area contributed by atoms with Gasteiger partial charge in [0.25, 0.3) is 10.0 Å². The minimum Gasteiger partial charge on any atom is -0.611 e. The quantitative estimate of drug-likeness (QED) is 0.318. The molecule has 1 atom stereocenters. The maximum atomic E-state index is 13.0. The van der Waals surface area contributed by atoms with Gasteiger partial charge in [-0.3, -0.25) is 4.72 Å². The van der Waals surface area contributed by atoms with Gasteiger partial charge < -0.3 is 14.7 Å². The lowest BCUT2D eigenvalue weighted by Crippen LogP contribution is -2.16. The largest absolute Gasteiger partial charge is 0.611 e. The summed E-state index contributed by atoms with van der Waals surface area (Å²) in [5.74, 6) is 0.173. The summed E-state index contributed by atoms with van der Waals surface area (Å²) in [6.07, 6.45) is 0. The second-order valence-corrected chi connectivity index (χ2v) is 10.1. The van der Waals surface area contributed by atoms with Gasteiger partial charge in [0.05, 0.1) is 0 Å². The predicted molar refractivity (Wildman–Crippen MR) is 119 cm³/mol. The number of nitrogens with two attached hydrogens (primary N) is 1. The van der Waals surface area contributed by atoms with Crippen LogP contribution in [0.2, 0.25) is 5.02 Å². The van der Waals surface area contributed by atoms with Crippen LogP contribution in [0.1, 0.15) is 5.56 Å². The number of furan rings is 1. The van der Waals surface area contributed by atoms with Crippen molar-refractivity contribution in [2.75, 3.05) is 10.5 Å². The summed E-state index contributed by atoms with van der Waals surface area (Å²) in [6, 6.07) is 20.0. The van der Waals surface area contributed by atoms with Crippen molar-refractivity contribution in [1.29, 1.82) is 0 Å². The van der Waals surface area contributed by atoms with Crippen LogP contribution >= 0.6 is 11.6 Å². The van der Waals surface area contributed by atoms with Crippen LogP contribution in [-0.2, 0) is 27.0 Å². The summed E-state index contributed by atoms with van der Waals surface area (Å²) in [6.45, 7) is 0. The lowest BCUT2D eigenvalue weighted by atomic mass is 10.2. The molecule has 6 nitrogen and oxygen atoms in total. The van der Waals surface area contributed by atoms with Crippen molar-refractivity contribution in [3.05, 3.63) is 83.4 Å². The molecule has 0 saturated carbocycles. The Morgan fingerprint density at radius 3 is 2.60 bits per heavy atom. The average molecular weight is 461 g/mol. The molecule has 0 saturated heterocycles. The molecule has 9 heteroatoms. The maximum absolute atomic E-state index is 13.0. The zero-order chi connectivity index (χ0) is 21.3. The fourth-order valence-corrected chi connectivity index (χ4v) is 5.47. The van der Waals surface area contributed by atoms with Gasteiger partial charge in [0, 0.05) is 27.7 Å². The highest BCUT2D eigenvalue weighted by atomic mass is 35.5. The van der Waals surface area contributed by atoms with Gasteiger partial charge in [-0.25, -0.2) is 0 Å². The Morgan fingerprint density at radius 1 is 1.03 bits per heavy atom. The molecule has 0 bridgehead atoms. The minimum atomic E-state index is -4.06. The van der Waals surface area contributed by atoms with E-state index in [1.54, 1.807) is 54.6 Å². The molecule has 4 rings (SSSR count). The van der Waals surface area contributed by atoms with Crippen molar-refractivity contribution in [3.63, 3.8) is 0 Å². The Labute approximate surface area is 181 Å². The second kappa shape index (κ2) is 8.23. The number of hydrogen-bond acceptors (Lipinski definition) is 5. The van der Waals surface area contributed by atoms with Crippen molar-refractivity contribution in [3.8, 4) is 0 Å². The summed E-state index contributed by atoms with van der Waals surface area (Å²) < 4.78 is 46.7. The number of fused-ring (bicyclic) bond motifs is 1. The number of nitrogens with one attached hydrogen (secondary N) is 1. The van der Waals surface area contributed by atoms with E-state index >= 15 is 0 Å². The van der Waals surface area contributed by atoms with Crippen molar-refractivity contribution in [2.45, 2.75) is 15.7 Å². The Hall–Kier alpha value is -2.65.